The molecule has 0 aliphatic carbocycles. The molecule has 1 aromatic rings. The van der Waals surface area contributed by atoms with Crippen LogP contribution >= 0.6 is 11.8 Å². The summed E-state index contributed by atoms with van der Waals surface area (Å²) in [7, 11) is 0. The summed E-state index contributed by atoms with van der Waals surface area (Å²) in [5.41, 5.74) is 1.86. The molecule has 0 aliphatic rings. The van der Waals surface area contributed by atoms with Crippen LogP contribution in [-0.2, 0) is 0 Å². The average Bonchev–Trinajstić information content (AvgIpc) is 2.25. The Balaban J connectivity index is 2.73. The molecule has 0 spiro atoms. The van der Waals surface area contributed by atoms with Crippen molar-refractivity contribution < 1.29 is 4.92 Å². The van der Waals surface area contributed by atoms with Crippen molar-refractivity contribution >= 4 is 23.1 Å². The Morgan fingerprint density at radius 1 is 1.47 bits per heavy atom. The van der Waals surface area contributed by atoms with Crippen molar-refractivity contribution in [3.8, 4) is 0 Å². The minimum absolute atomic E-state index is 0.142. The molecular formula is C12H18N2O2S. The van der Waals surface area contributed by atoms with Crippen molar-refractivity contribution in [2.24, 2.45) is 0 Å². The molecule has 1 aromatic carbocycles. The Morgan fingerprint density at radius 3 is 2.76 bits per heavy atom. The minimum Gasteiger partial charge on any atom is -0.382 e. The fraction of sp³-hybridized carbons (Fsp3) is 0.500. The van der Waals surface area contributed by atoms with E-state index in [0.29, 0.717) is 6.04 Å². The topological polar surface area (TPSA) is 55.2 Å². The van der Waals surface area contributed by atoms with Crippen LogP contribution in [0.4, 0.5) is 11.4 Å². The largest absolute Gasteiger partial charge is 0.382 e. The lowest BCUT2D eigenvalue weighted by Gasteiger charge is -2.14. The first-order valence-electron chi connectivity index (χ1n) is 5.63. The maximum absolute atomic E-state index is 10.7. The molecule has 17 heavy (non-hydrogen) atoms. The van der Waals surface area contributed by atoms with Crippen molar-refractivity contribution in [3.05, 3.63) is 33.9 Å². The highest BCUT2D eigenvalue weighted by molar-refractivity contribution is 7.99. The predicted molar refractivity (Wildman–Crippen MR) is 73.9 cm³/mol. The van der Waals surface area contributed by atoms with Gasteiger partial charge < -0.3 is 5.32 Å². The molecule has 0 saturated heterocycles. The molecule has 0 radical (unpaired) electrons. The number of thioether (sulfide) groups is 1. The van der Waals surface area contributed by atoms with Gasteiger partial charge in [-0.25, -0.2) is 0 Å². The SMILES string of the molecule is CCSCC(C)Nc1cc(C)cc([N+](=O)[O-])c1. The van der Waals surface area contributed by atoms with E-state index in [1.807, 2.05) is 24.8 Å². The minimum atomic E-state index is -0.358. The number of hydrogen-bond donors (Lipinski definition) is 1. The van der Waals surface area contributed by atoms with Gasteiger partial charge in [-0.15, -0.1) is 0 Å². The summed E-state index contributed by atoms with van der Waals surface area (Å²) in [6.07, 6.45) is 0. The van der Waals surface area contributed by atoms with Gasteiger partial charge in [0.1, 0.15) is 0 Å². The Morgan fingerprint density at radius 2 is 2.18 bits per heavy atom. The zero-order valence-corrected chi connectivity index (χ0v) is 11.2. The van der Waals surface area contributed by atoms with E-state index in [1.54, 1.807) is 12.1 Å². The smallest absolute Gasteiger partial charge is 0.271 e. The summed E-state index contributed by atoms with van der Waals surface area (Å²) in [4.78, 5) is 10.4. The highest BCUT2D eigenvalue weighted by Crippen LogP contribution is 2.21. The average molecular weight is 254 g/mol. The molecule has 1 atom stereocenters. The molecule has 0 fully saturated rings. The maximum Gasteiger partial charge on any atom is 0.271 e. The van der Waals surface area contributed by atoms with Gasteiger partial charge in [0.25, 0.3) is 5.69 Å². The highest BCUT2D eigenvalue weighted by Gasteiger charge is 2.09. The van der Waals surface area contributed by atoms with E-state index in [-0.39, 0.29) is 10.6 Å². The molecule has 5 heteroatoms. The first kappa shape index (κ1) is 13.8. The van der Waals surface area contributed by atoms with Gasteiger partial charge in [-0.1, -0.05) is 6.92 Å². The monoisotopic (exact) mass is 254 g/mol. The van der Waals surface area contributed by atoms with Gasteiger partial charge in [0.2, 0.25) is 0 Å². The predicted octanol–water partition coefficient (Wildman–Crippen LogP) is 3.46. The van der Waals surface area contributed by atoms with Crippen LogP contribution in [0.2, 0.25) is 0 Å². The van der Waals surface area contributed by atoms with Gasteiger partial charge in [0.05, 0.1) is 4.92 Å². The number of nitrogens with zero attached hydrogens (tertiary/aromatic N) is 1. The third-order valence-electron chi connectivity index (χ3n) is 2.26. The highest BCUT2D eigenvalue weighted by atomic mass is 32.2. The Labute approximate surface area is 106 Å². The molecule has 94 valence electrons. The van der Waals surface area contributed by atoms with Crippen LogP contribution < -0.4 is 5.32 Å². The number of hydrogen-bond acceptors (Lipinski definition) is 4. The standard InChI is InChI=1S/C12H18N2O2S/c1-4-17-8-10(3)13-11-5-9(2)6-12(7-11)14(15)16/h5-7,10,13H,4,8H2,1-3H3. The summed E-state index contributed by atoms with van der Waals surface area (Å²) >= 11 is 1.85. The normalized spacial score (nSPS) is 12.2. The molecule has 1 rings (SSSR count). The van der Waals surface area contributed by atoms with E-state index in [9.17, 15) is 10.1 Å². The molecule has 0 heterocycles. The number of anilines is 1. The second kappa shape index (κ2) is 6.49. The van der Waals surface area contributed by atoms with E-state index >= 15 is 0 Å². The number of rotatable bonds is 6. The van der Waals surface area contributed by atoms with Crippen LogP contribution in [0.1, 0.15) is 19.4 Å². The summed E-state index contributed by atoms with van der Waals surface area (Å²) in [5.74, 6) is 2.08. The second-order valence-electron chi connectivity index (χ2n) is 4.02. The third-order valence-corrected chi connectivity index (χ3v) is 3.40. The quantitative estimate of drug-likeness (QED) is 0.624. The van der Waals surface area contributed by atoms with Gasteiger partial charge in [-0.2, -0.15) is 11.8 Å². The molecule has 0 bridgehead atoms. The number of benzene rings is 1. The third kappa shape index (κ3) is 4.65. The van der Waals surface area contributed by atoms with Crippen LogP contribution in [0.3, 0.4) is 0 Å². The number of nitro groups is 1. The Bertz CT molecular complexity index is 396. The number of nitrogens with one attached hydrogen (secondary N) is 1. The van der Waals surface area contributed by atoms with Crippen molar-refractivity contribution in [3.63, 3.8) is 0 Å². The van der Waals surface area contributed by atoms with Crippen molar-refractivity contribution in [1.82, 2.24) is 0 Å². The molecular weight excluding hydrogens is 236 g/mol. The Kier molecular flexibility index (Phi) is 5.28. The molecule has 0 amide bonds. The van der Waals surface area contributed by atoms with E-state index in [2.05, 4.69) is 19.2 Å². The van der Waals surface area contributed by atoms with Crippen molar-refractivity contribution in [2.75, 3.05) is 16.8 Å². The number of aryl methyl sites for hydroxylation is 1. The van der Waals surface area contributed by atoms with Crippen molar-refractivity contribution in [1.29, 1.82) is 0 Å². The van der Waals surface area contributed by atoms with E-state index in [0.717, 1.165) is 22.8 Å². The molecule has 0 aromatic heterocycles. The fourth-order valence-electron chi connectivity index (χ4n) is 1.57. The van der Waals surface area contributed by atoms with E-state index in [1.165, 1.54) is 0 Å². The van der Waals surface area contributed by atoms with Gasteiger partial charge in [0.15, 0.2) is 0 Å². The zero-order valence-electron chi connectivity index (χ0n) is 10.4. The summed E-state index contributed by atoms with van der Waals surface area (Å²) in [6, 6.07) is 5.40. The van der Waals surface area contributed by atoms with Crippen LogP contribution in [0, 0.1) is 17.0 Å². The van der Waals surface area contributed by atoms with E-state index < -0.39 is 0 Å². The van der Waals surface area contributed by atoms with Crippen LogP contribution in [0.15, 0.2) is 18.2 Å². The fourth-order valence-corrected chi connectivity index (χ4v) is 2.25. The lowest BCUT2D eigenvalue weighted by atomic mass is 10.2. The van der Waals surface area contributed by atoms with Gasteiger partial charge in [0, 0.05) is 29.6 Å². The summed E-state index contributed by atoms with van der Waals surface area (Å²) in [6.45, 7) is 6.06. The van der Waals surface area contributed by atoms with Gasteiger partial charge in [-0.3, -0.25) is 10.1 Å². The van der Waals surface area contributed by atoms with Crippen molar-refractivity contribution in [2.45, 2.75) is 26.8 Å². The second-order valence-corrected chi connectivity index (χ2v) is 5.34. The summed E-state index contributed by atoms with van der Waals surface area (Å²) in [5, 5.41) is 14.0. The summed E-state index contributed by atoms with van der Waals surface area (Å²) < 4.78 is 0. The first-order valence-corrected chi connectivity index (χ1v) is 6.78. The van der Waals surface area contributed by atoms with Crippen LogP contribution in [0.5, 0.6) is 0 Å². The van der Waals surface area contributed by atoms with Gasteiger partial charge in [-0.05, 0) is 31.2 Å². The van der Waals surface area contributed by atoms with E-state index in [4.69, 9.17) is 0 Å². The van der Waals surface area contributed by atoms with Crippen LogP contribution in [-0.4, -0.2) is 22.5 Å². The zero-order chi connectivity index (χ0) is 12.8. The lowest BCUT2D eigenvalue weighted by Crippen LogP contribution is -2.18. The first-order chi connectivity index (χ1) is 8.02. The number of nitro benzene ring substituents is 1. The van der Waals surface area contributed by atoms with Gasteiger partial charge >= 0.3 is 0 Å². The molecule has 0 saturated carbocycles. The molecule has 1 N–H and O–H groups in total. The number of non-ortho nitro benzene ring substituents is 1. The maximum atomic E-state index is 10.7. The lowest BCUT2D eigenvalue weighted by molar-refractivity contribution is -0.384. The van der Waals surface area contributed by atoms with Crippen LogP contribution in [0.25, 0.3) is 0 Å². The molecule has 0 aliphatic heterocycles. The molecule has 1 unspecified atom stereocenters. The molecule has 4 nitrogen and oxygen atoms in total. The Hall–Kier alpha value is -1.23.